The number of amides is 3. The van der Waals surface area contributed by atoms with Crippen LogP contribution in [-0.2, 0) is 4.74 Å². The minimum Gasteiger partial charge on any atom is -0.491 e. The number of carbonyl (C=O) groups is 2. The van der Waals surface area contributed by atoms with E-state index in [0.29, 0.717) is 45.9 Å². The summed E-state index contributed by atoms with van der Waals surface area (Å²) < 4.78 is 11.6. The van der Waals surface area contributed by atoms with Crippen LogP contribution < -0.4 is 20.7 Å². The van der Waals surface area contributed by atoms with E-state index < -0.39 is 6.03 Å². The Morgan fingerprint density at radius 1 is 1.12 bits per heavy atom. The fourth-order valence-electron chi connectivity index (χ4n) is 3.60. The quantitative estimate of drug-likeness (QED) is 0.557. The van der Waals surface area contributed by atoms with Crippen LogP contribution in [0, 0.1) is 5.92 Å². The van der Waals surface area contributed by atoms with Gasteiger partial charge >= 0.3 is 6.03 Å². The van der Waals surface area contributed by atoms with Gasteiger partial charge in [-0.1, -0.05) is 30.1 Å². The van der Waals surface area contributed by atoms with Crippen molar-refractivity contribution in [3.63, 3.8) is 0 Å². The topological polar surface area (TPSA) is 91.9 Å². The van der Waals surface area contributed by atoms with Gasteiger partial charge in [-0.05, 0) is 43.2 Å². The number of hydrogen-bond acceptors (Lipinski definition) is 5. The van der Waals surface area contributed by atoms with Crippen molar-refractivity contribution >= 4 is 46.5 Å². The molecule has 8 nitrogen and oxygen atoms in total. The molecule has 2 aromatic rings. The van der Waals surface area contributed by atoms with Crippen LogP contribution in [0.15, 0.2) is 36.4 Å². The third-order valence-electron chi connectivity index (χ3n) is 5.66. The minimum absolute atomic E-state index is 0.0506. The number of nitrogens with one attached hydrogen (secondary N) is 3. The van der Waals surface area contributed by atoms with Gasteiger partial charge in [0.1, 0.15) is 12.4 Å². The summed E-state index contributed by atoms with van der Waals surface area (Å²) in [6.45, 7) is 5.63. The molecule has 2 aromatic carbocycles. The van der Waals surface area contributed by atoms with Crippen molar-refractivity contribution in [2.45, 2.75) is 26.0 Å². The summed E-state index contributed by atoms with van der Waals surface area (Å²) in [5.74, 6) is 0.417. The molecule has 0 spiro atoms. The number of benzene rings is 2. The lowest BCUT2D eigenvalue weighted by Gasteiger charge is -2.30. The number of carbonyl (C=O) groups excluding carboxylic acids is 2. The Labute approximate surface area is 209 Å². The Morgan fingerprint density at radius 2 is 1.79 bits per heavy atom. The van der Waals surface area contributed by atoms with Crippen LogP contribution in [-0.4, -0.2) is 62.8 Å². The zero-order valence-corrected chi connectivity index (χ0v) is 21.2. The molecule has 0 saturated carbocycles. The molecule has 184 valence electrons. The Kier molecular flexibility index (Phi) is 9.02. The van der Waals surface area contributed by atoms with Gasteiger partial charge in [-0.3, -0.25) is 4.79 Å². The summed E-state index contributed by atoms with van der Waals surface area (Å²) in [6.07, 6.45) is -0.108. The maximum Gasteiger partial charge on any atom is 0.323 e. The van der Waals surface area contributed by atoms with Crippen LogP contribution in [0.25, 0.3) is 0 Å². The van der Waals surface area contributed by atoms with Crippen molar-refractivity contribution in [2.24, 2.45) is 5.92 Å². The highest BCUT2D eigenvalue weighted by atomic mass is 35.5. The number of halogens is 2. The van der Waals surface area contributed by atoms with Crippen molar-refractivity contribution in [2.75, 3.05) is 44.5 Å². The van der Waals surface area contributed by atoms with Crippen molar-refractivity contribution in [3.8, 4) is 5.75 Å². The number of urea groups is 1. The molecule has 1 aliphatic heterocycles. The zero-order valence-electron chi connectivity index (χ0n) is 19.7. The number of ether oxygens (including phenoxy) is 2. The van der Waals surface area contributed by atoms with E-state index in [4.69, 9.17) is 32.7 Å². The first-order valence-electron chi connectivity index (χ1n) is 11.0. The van der Waals surface area contributed by atoms with E-state index in [0.717, 1.165) is 6.54 Å². The zero-order chi connectivity index (χ0) is 24.8. The molecule has 3 N–H and O–H groups in total. The molecule has 3 rings (SSSR count). The van der Waals surface area contributed by atoms with Crippen LogP contribution in [0.4, 0.5) is 16.2 Å². The van der Waals surface area contributed by atoms with Crippen molar-refractivity contribution in [1.82, 2.24) is 10.2 Å². The number of rotatable bonds is 3. The normalized spacial score (nSPS) is 21.5. The van der Waals surface area contributed by atoms with Crippen molar-refractivity contribution < 1.29 is 19.1 Å². The average Bonchev–Trinajstić information content (AvgIpc) is 2.80. The molecule has 0 aromatic heterocycles. The minimum atomic E-state index is -0.470. The van der Waals surface area contributed by atoms with Gasteiger partial charge in [0.2, 0.25) is 0 Å². The molecule has 0 saturated heterocycles. The van der Waals surface area contributed by atoms with Crippen LogP contribution in [0.2, 0.25) is 10.0 Å². The van der Waals surface area contributed by atoms with Gasteiger partial charge in [0.15, 0.2) is 0 Å². The van der Waals surface area contributed by atoms with E-state index in [9.17, 15) is 9.59 Å². The van der Waals surface area contributed by atoms with Gasteiger partial charge in [0.25, 0.3) is 5.91 Å². The highest BCUT2D eigenvalue weighted by molar-refractivity contribution is 6.42. The molecule has 0 aliphatic carbocycles. The summed E-state index contributed by atoms with van der Waals surface area (Å²) in [4.78, 5) is 27.3. The molecule has 34 heavy (non-hydrogen) atoms. The highest BCUT2D eigenvalue weighted by Gasteiger charge is 2.25. The summed E-state index contributed by atoms with van der Waals surface area (Å²) in [5, 5.41) is 9.63. The van der Waals surface area contributed by atoms with Crippen molar-refractivity contribution in [1.29, 1.82) is 0 Å². The van der Waals surface area contributed by atoms with Crippen molar-refractivity contribution in [3.05, 3.63) is 52.0 Å². The van der Waals surface area contributed by atoms with Gasteiger partial charge in [-0.15, -0.1) is 0 Å². The Balaban J connectivity index is 1.80. The third-order valence-corrected chi connectivity index (χ3v) is 6.40. The number of anilines is 2. The number of hydrogen-bond donors (Lipinski definition) is 3. The lowest BCUT2D eigenvalue weighted by atomic mass is 10.0. The van der Waals surface area contributed by atoms with Crippen LogP contribution in [0.3, 0.4) is 0 Å². The standard InChI is InChI=1S/C24H30Cl2N4O4/c1-14-11-27-15(2)13-34-21-10-17(5-7-18(21)23(31)30(3)12-22(14)33-4)29-24(32)28-16-6-8-19(25)20(26)9-16/h5-10,14-15,22,27H,11-13H2,1-4H3,(H2,28,29,32)/t14-,15-,22-/m0/s1. The third kappa shape index (κ3) is 6.76. The van der Waals surface area contributed by atoms with E-state index in [1.54, 1.807) is 55.5 Å². The van der Waals surface area contributed by atoms with Gasteiger partial charge in [-0.2, -0.15) is 0 Å². The fraction of sp³-hybridized carbons (Fsp3) is 0.417. The maximum absolute atomic E-state index is 13.2. The Morgan fingerprint density at radius 3 is 2.47 bits per heavy atom. The van der Waals surface area contributed by atoms with Crippen LogP contribution >= 0.6 is 23.2 Å². The number of nitrogens with zero attached hydrogens (tertiary/aromatic N) is 1. The van der Waals surface area contributed by atoms with Gasteiger partial charge in [0.05, 0.1) is 21.7 Å². The van der Waals surface area contributed by atoms with E-state index in [1.165, 1.54) is 0 Å². The molecule has 0 fully saturated rings. The summed E-state index contributed by atoms with van der Waals surface area (Å²) in [5.41, 5.74) is 1.38. The molecule has 3 amide bonds. The first-order valence-corrected chi connectivity index (χ1v) is 11.7. The largest absolute Gasteiger partial charge is 0.491 e. The average molecular weight is 509 g/mol. The molecule has 10 heteroatoms. The molecular formula is C24H30Cl2N4O4. The van der Waals surface area contributed by atoms with Crippen LogP contribution in [0.1, 0.15) is 24.2 Å². The second kappa shape index (κ2) is 11.8. The maximum atomic E-state index is 13.2. The second-order valence-corrected chi connectivity index (χ2v) is 9.29. The number of likely N-dealkylation sites (N-methyl/N-ethyl adjacent to an activating group) is 1. The first kappa shape index (κ1) is 26.1. The summed E-state index contributed by atoms with van der Waals surface area (Å²) >= 11 is 11.9. The lowest BCUT2D eigenvalue weighted by Crippen LogP contribution is -2.44. The van der Waals surface area contributed by atoms with E-state index in [-0.39, 0.29) is 24.0 Å². The molecule has 0 unspecified atom stereocenters. The predicted octanol–water partition coefficient (Wildman–Crippen LogP) is 4.73. The summed E-state index contributed by atoms with van der Waals surface area (Å²) in [6, 6.07) is 9.33. The number of methoxy groups -OCH3 is 1. The molecule has 0 bridgehead atoms. The molecule has 1 heterocycles. The van der Waals surface area contributed by atoms with E-state index >= 15 is 0 Å². The molecule has 0 radical (unpaired) electrons. The highest BCUT2D eigenvalue weighted by Crippen LogP contribution is 2.27. The summed E-state index contributed by atoms with van der Waals surface area (Å²) in [7, 11) is 3.40. The van der Waals surface area contributed by atoms with Gasteiger partial charge in [-0.25, -0.2) is 4.79 Å². The van der Waals surface area contributed by atoms with Gasteiger partial charge < -0.3 is 30.3 Å². The lowest BCUT2D eigenvalue weighted by molar-refractivity contribution is 0.0281. The molecular weight excluding hydrogens is 479 g/mol. The monoisotopic (exact) mass is 508 g/mol. The Bertz CT molecular complexity index is 1040. The van der Waals surface area contributed by atoms with E-state index in [1.807, 2.05) is 6.92 Å². The SMILES string of the molecule is CO[C@H]1CN(C)C(=O)c2ccc(NC(=O)Nc3ccc(Cl)c(Cl)c3)cc2OC[C@H](C)NC[C@@H]1C. The molecule has 1 aliphatic rings. The van der Waals surface area contributed by atoms with Gasteiger partial charge in [0, 0.05) is 50.7 Å². The molecule has 3 atom stereocenters. The first-order chi connectivity index (χ1) is 16.2. The predicted molar refractivity (Wildman–Crippen MR) is 135 cm³/mol. The smallest absolute Gasteiger partial charge is 0.323 e. The van der Waals surface area contributed by atoms with Crippen LogP contribution in [0.5, 0.6) is 5.75 Å². The Hall–Kier alpha value is -2.52. The number of fused-ring (bicyclic) bond motifs is 1. The second-order valence-electron chi connectivity index (χ2n) is 8.48. The fourth-order valence-corrected chi connectivity index (χ4v) is 3.90. The van der Waals surface area contributed by atoms with E-state index in [2.05, 4.69) is 22.9 Å².